The predicted molar refractivity (Wildman–Crippen MR) is 134 cm³/mol. The monoisotopic (exact) mass is 476 g/mol. The Labute approximate surface area is 203 Å². The third kappa shape index (κ3) is 5.32. The van der Waals surface area contributed by atoms with E-state index in [0.29, 0.717) is 71.1 Å². The number of ether oxygens (including phenoxy) is 4. The highest BCUT2D eigenvalue weighted by Crippen LogP contribution is 2.39. The Morgan fingerprint density at radius 3 is 2.29 bits per heavy atom. The lowest BCUT2D eigenvalue weighted by Crippen LogP contribution is -2.13. The van der Waals surface area contributed by atoms with Gasteiger partial charge in [0.25, 0.3) is 5.91 Å². The van der Waals surface area contributed by atoms with E-state index in [1.807, 2.05) is 45.0 Å². The first-order valence-electron chi connectivity index (χ1n) is 11.5. The van der Waals surface area contributed by atoms with Crippen LogP contribution in [-0.2, 0) is 0 Å². The molecule has 1 heterocycles. The minimum atomic E-state index is -0.318. The Balaban J connectivity index is 1.61. The molecule has 4 rings (SSSR count). The highest BCUT2D eigenvalue weighted by molar-refractivity contribution is 6.05. The fourth-order valence-electron chi connectivity index (χ4n) is 3.60. The number of rotatable bonds is 10. The van der Waals surface area contributed by atoms with Gasteiger partial charge in [-0.15, -0.1) is 0 Å². The van der Waals surface area contributed by atoms with Crippen molar-refractivity contribution in [3.05, 3.63) is 60.2 Å². The molecule has 0 unspecified atom stereocenters. The van der Waals surface area contributed by atoms with Crippen molar-refractivity contribution >= 4 is 22.7 Å². The van der Waals surface area contributed by atoms with Gasteiger partial charge in [-0.05, 0) is 63.2 Å². The number of carbonyl (C=O) groups excluding carboxylic acids is 1. The molecule has 0 fully saturated rings. The first-order valence-corrected chi connectivity index (χ1v) is 11.5. The van der Waals surface area contributed by atoms with E-state index in [9.17, 15) is 4.79 Å². The molecule has 1 N–H and O–H groups in total. The fourth-order valence-corrected chi connectivity index (χ4v) is 3.60. The van der Waals surface area contributed by atoms with E-state index in [0.717, 1.165) is 5.56 Å². The molecule has 35 heavy (non-hydrogen) atoms. The van der Waals surface area contributed by atoms with Gasteiger partial charge < -0.3 is 28.7 Å². The molecular weight excluding hydrogens is 448 g/mol. The minimum absolute atomic E-state index is 0.318. The second kappa shape index (κ2) is 10.8. The number of hydrogen-bond donors (Lipinski definition) is 1. The molecule has 3 aromatic carbocycles. The Morgan fingerprint density at radius 2 is 1.63 bits per heavy atom. The molecule has 8 heteroatoms. The number of nitrogens with zero attached hydrogens (tertiary/aromatic N) is 1. The van der Waals surface area contributed by atoms with E-state index in [1.165, 1.54) is 0 Å². The molecular formula is C27H28N2O6. The molecule has 0 radical (unpaired) electrons. The van der Waals surface area contributed by atoms with Crippen LogP contribution in [0.1, 0.15) is 31.1 Å². The Kier molecular flexibility index (Phi) is 7.40. The lowest BCUT2D eigenvalue weighted by Gasteiger charge is -2.17. The van der Waals surface area contributed by atoms with Gasteiger partial charge in [0.05, 0.1) is 26.9 Å². The van der Waals surface area contributed by atoms with Crippen LogP contribution in [0.5, 0.6) is 23.0 Å². The molecule has 4 aromatic rings. The van der Waals surface area contributed by atoms with E-state index in [-0.39, 0.29) is 5.91 Å². The molecule has 182 valence electrons. The van der Waals surface area contributed by atoms with Crippen molar-refractivity contribution in [3.63, 3.8) is 0 Å². The summed E-state index contributed by atoms with van der Waals surface area (Å²) in [5.74, 6) is 2.27. The van der Waals surface area contributed by atoms with Crippen molar-refractivity contribution in [1.82, 2.24) is 4.98 Å². The number of amides is 1. The first kappa shape index (κ1) is 23.9. The summed E-state index contributed by atoms with van der Waals surface area (Å²) in [6.07, 6.45) is 0. The van der Waals surface area contributed by atoms with Crippen LogP contribution in [-0.4, -0.2) is 37.8 Å². The Bertz CT molecular complexity index is 1300. The van der Waals surface area contributed by atoms with Crippen LogP contribution in [0.2, 0.25) is 0 Å². The molecule has 0 spiro atoms. The number of oxazole rings is 1. The van der Waals surface area contributed by atoms with Gasteiger partial charge in [-0.3, -0.25) is 4.79 Å². The average Bonchev–Trinajstić information content (AvgIpc) is 3.29. The van der Waals surface area contributed by atoms with Crippen molar-refractivity contribution < 1.29 is 28.2 Å². The molecule has 0 aliphatic rings. The van der Waals surface area contributed by atoms with E-state index >= 15 is 0 Å². The number of methoxy groups -OCH3 is 1. The molecule has 8 nitrogen and oxygen atoms in total. The zero-order chi connectivity index (χ0) is 24.8. The van der Waals surface area contributed by atoms with E-state index < -0.39 is 0 Å². The average molecular weight is 477 g/mol. The lowest BCUT2D eigenvalue weighted by molar-refractivity contribution is 0.102. The number of anilines is 1. The van der Waals surface area contributed by atoms with Gasteiger partial charge in [0.15, 0.2) is 17.1 Å². The van der Waals surface area contributed by atoms with Crippen LogP contribution in [0.4, 0.5) is 5.69 Å². The second-order valence-corrected chi connectivity index (χ2v) is 7.49. The Morgan fingerprint density at radius 1 is 0.914 bits per heavy atom. The summed E-state index contributed by atoms with van der Waals surface area (Å²) in [6, 6.07) is 16.1. The maximum atomic E-state index is 13.1. The number of aromatic nitrogens is 1. The topological polar surface area (TPSA) is 92.1 Å². The summed E-state index contributed by atoms with van der Waals surface area (Å²) >= 11 is 0. The zero-order valence-corrected chi connectivity index (χ0v) is 20.2. The van der Waals surface area contributed by atoms with Crippen LogP contribution >= 0.6 is 0 Å². The van der Waals surface area contributed by atoms with Gasteiger partial charge >= 0.3 is 0 Å². The van der Waals surface area contributed by atoms with Crippen molar-refractivity contribution in [2.75, 3.05) is 32.2 Å². The molecule has 1 amide bonds. The van der Waals surface area contributed by atoms with Crippen molar-refractivity contribution in [2.24, 2.45) is 0 Å². The zero-order valence-electron chi connectivity index (χ0n) is 20.2. The SMILES string of the molecule is CCOc1cc(C(=O)Nc2ccc3nc(-c4cccc(OC)c4)oc3c2)cc(OCC)c1OCC. The van der Waals surface area contributed by atoms with Gasteiger partial charge in [0, 0.05) is 22.9 Å². The van der Waals surface area contributed by atoms with E-state index in [1.54, 1.807) is 37.4 Å². The van der Waals surface area contributed by atoms with Crippen molar-refractivity contribution in [3.8, 4) is 34.5 Å². The molecule has 0 aliphatic heterocycles. The summed E-state index contributed by atoms with van der Waals surface area (Å²) in [5, 5.41) is 2.91. The lowest BCUT2D eigenvalue weighted by atomic mass is 10.1. The molecule has 0 aliphatic carbocycles. The van der Waals surface area contributed by atoms with Crippen LogP contribution in [0.3, 0.4) is 0 Å². The molecule has 0 bridgehead atoms. The van der Waals surface area contributed by atoms with E-state index in [4.69, 9.17) is 23.4 Å². The predicted octanol–water partition coefficient (Wildman–Crippen LogP) is 5.95. The van der Waals surface area contributed by atoms with Gasteiger partial charge in [0.2, 0.25) is 11.6 Å². The van der Waals surface area contributed by atoms with Crippen molar-refractivity contribution in [1.29, 1.82) is 0 Å². The fraction of sp³-hybridized carbons (Fsp3) is 0.259. The molecule has 1 aromatic heterocycles. The third-order valence-corrected chi connectivity index (χ3v) is 5.13. The summed E-state index contributed by atoms with van der Waals surface area (Å²) in [7, 11) is 1.61. The van der Waals surface area contributed by atoms with E-state index in [2.05, 4.69) is 10.3 Å². The summed E-state index contributed by atoms with van der Waals surface area (Å²) in [5.41, 5.74) is 2.99. The number of nitrogens with one attached hydrogen (secondary N) is 1. The van der Waals surface area contributed by atoms with Gasteiger partial charge in [-0.25, -0.2) is 4.98 Å². The first-order chi connectivity index (χ1) is 17.1. The molecule has 0 atom stereocenters. The number of carbonyl (C=O) groups is 1. The van der Waals surface area contributed by atoms with Crippen LogP contribution in [0.15, 0.2) is 59.0 Å². The summed E-state index contributed by atoms with van der Waals surface area (Å²) in [4.78, 5) is 17.7. The highest BCUT2D eigenvalue weighted by atomic mass is 16.5. The quantitative estimate of drug-likeness (QED) is 0.302. The normalized spacial score (nSPS) is 10.7. The summed E-state index contributed by atoms with van der Waals surface area (Å²) < 4.78 is 28.4. The smallest absolute Gasteiger partial charge is 0.255 e. The molecule has 0 saturated carbocycles. The van der Waals surface area contributed by atoms with Crippen molar-refractivity contribution in [2.45, 2.75) is 20.8 Å². The second-order valence-electron chi connectivity index (χ2n) is 7.49. The van der Waals surface area contributed by atoms with Gasteiger partial charge in [-0.1, -0.05) is 6.07 Å². The number of fused-ring (bicyclic) bond motifs is 1. The maximum Gasteiger partial charge on any atom is 0.255 e. The third-order valence-electron chi connectivity index (χ3n) is 5.13. The van der Waals surface area contributed by atoms with Gasteiger partial charge in [0.1, 0.15) is 11.3 Å². The van der Waals surface area contributed by atoms with Crippen LogP contribution < -0.4 is 24.3 Å². The largest absolute Gasteiger partial charge is 0.497 e. The highest BCUT2D eigenvalue weighted by Gasteiger charge is 2.19. The standard InChI is InChI=1S/C27H28N2O6/c1-5-32-23-14-18(15-24(33-6-2)25(23)34-7-3)26(30)28-19-11-12-21-22(16-19)35-27(29-21)17-9-8-10-20(13-17)31-4/h8-16H,5-7H2,1-4H3,(H,28,30). The Hall–Kier alpha value is -4.20. The van der Waals surface area contributed by atoms with Crippen LogP contribution in [0.25, 0.3) is 22.6 Å². The number of benzene rings is 3. The molecule has 0 saturated heterocycles. The number of hydrogen-bond acceptors (Lipinski definition) is 7. The van der Waals surface area contributed by atoms with Crippen LogP contribution in [0, 0.1) is 0 Å². The minimum Gasteiger partial charge on any atom is -0.497 e. The summed E-state index contributed by atoms with van der Waals surface area (Å²) in [6.45, 7) is 6.92. The van der Waals surface area contributed by atoms with Gasteiger partial charge in [-0.2, -0.15) is 0 Å². The maximum absolute atomic E-state index is 13.1.